The summed E-state index contributed by atoms with van der Waals surface area (Å²) in [7, 11) is 0.218. The highest BCUT2D eigenvalue weighted by Gasteiger charge is 2.27. The SMILES string of the molecule is C1NCP2CNCN12. The Morgan fingerprint density at radius 2 is 1.75 bits per heavy atom. The molecule has 0 radical (unpaired) electrons. The van der Waals surface area contributed by atoms with Crippen LogP contribution in [0.5, 0.6) is 0 Å². The second-order valence-corrected chi connectivity index (χ2v) is 4.36. The molecule has 2 rings (SSSR count). The first kappa shape index (κ1) is 5.12. The molecule has 0 amide bonds. The van der Waals surface area contributed by atoms with Gasteiger partial charge in [-0.15, -0.1) is 0 Å². The number of fused-ring (bicyclic) bond motifs is 1. The van der Waals surface area contributed by atoms with Crippen LogP contribution in [0.15, 0.2) is 0 Å². The van der Waals surface area contributed by atoms with E-state index in [4.69, 9.17) is 0 Å². The first-order chi connectivity index (χ1) is 3.97. The highest BCUT2D eigenvalue weighted by molar-refractivity contribution is 7.55. The lowest BCUT2D eigenvalue weighted by atomic mass is 10.9. The Labute approximate surface area is 50.2 Å². The monoisotopic (exact) mass is 131 g/mol. The Morgan fingerprint density at radius 3 is 2.25 bits per heavy atom. The molecule has 8 heavy (non-hydrogen) atoms. The maximum atomic E-state index is 3.34. The van der Waals surface area contributed by atoms with E-state index in [1.165, 1.54) is 12.6 Å². The molecule has 0 aromatic carbocycles. The van der Waals surface area contributed by atoms with Crippen molar-refractivity contribution in [1.29, 1.82) is 0 Å². The molecule has 2 aliphatic heterocycles. The van der Waals surface area contributed by atoms with E-state index in [1.54, 1.807) is 0 Å². The predicted molar refractivity (Wildman–Crippen MR) is 34.5 cm³/mol. The molecule has 2 saturated heterocycles. The minimum Gasteiger partial charge on any atom is -0.299 e. The number of nitrogens with zero attached hydrogens (tertiary/aromatic N) is 1. The van der Waals surface area contributed by atoms with E-state index < -0.39 is 0 Å². The van der Waals surface area contributed by atoms with Gasteiger partial charge < -0.3 is 0 Å². The van der Waals surface area contributed by atoms with Crippen molar-refractivity contribution < 1.29 is 0 Å². The van der Waals surface area contributed by atoms with Crippen molar-refractivity contribution in [2.75, 3.05) is 25.9 Å². The zero-order valence-corrected chi connectivity index (χ0v) is 5.62. The van der Waals surface area contributed by atoms with Crippen molar-refractivity contribution in [3.05, 3.63) is 0 Å². The topological polar surface area (TPSA) is 27.3 Å². The number of nitrogens with one attached hydrogen (secondary N) is 2. The van der Waals surface area contributed by atoms with Gasteiger partial charge in [-0.05, 0) is 8.07 Å². The first-order valence-electron chi connectivity index (χ1n) is 2.88. The normalized spacial score (nSPS) is 31.5. The largest absolute Gasteiger partial charge is 0.299 e. The van der Waals surface area contributed by atoms with Gasteiger partial charge in [0, 0.05) is 12.6 Å². The fourth-order valence-electron chi connectivity index (χ4n) is 1.13. The van der Waals surface area contributed by atoms with Crippen LogP contribution in [-0.4, -0.2) is 30.6 Å². The summed E-state index contributed by atoms with van der Waals surface area (Å²) >= 11 is 0. The van der Waals surface area contributed by atoms with Crippen LogP contribution in [0.25, 0.3) is 0 Å². The highest BCUT2D eigenvalue weighted by atomic mass is 31.1. The number of hydrogen-bond donors (Lipinski definition) is 2. The van der Waals surface area contributed by atoms with Crippen molar-refractivity contribution >= 4 is 8.07 Å². The summed E-state index contributed by atoms with van der Waals surface area (Å²) in [6.07, 6.45) is 2.48. The molecule has 2 heterocycles. The first-order valence-corrected chi connectivity index (χ1v) is 4.54. The van der Waals surface area contributed by atoms with Crippen LogP contribution in [0, 0.1) is 0 Å². The van der Waals surface area contributed by atoms with Gasteiger partial charge in [0.1, 0.15) is 0 Å². The minimum atomic E-state index is 0.218. The molecule has 0 atom stereocenters. The Balaban J connectivity index is 2.04. The molecular weight excluding hydrogens is 121 g/mol. The molecule has 2 aliphatic rings. The zero-order chi connectivity index (χ0) is 5.40. The van der Waals surface area contributed by atoms with Gasteiger partial charge in [-0.1, -0.05) is 0 Å². The molecule has 4 heteroatoms. The molecule has 0 spiro atoms. The van der Waals surface area contributed by atoms with Crippen LogP contribution in [0.2, 0.25) is 0 Å². The third-order valence-corrected chi connectivity index (χ3v) is 3.84. The van der Waals surface area contributed by atoms with Gasteiger partial charge in [0.2, 0.25) is 0 Å². The molecule has 3 nitrogen and oxygen atoms in total. The van der Waals surface area contributed by atoms with E-state index in [2.05, 4.69) is 15.3 Å². The van der Waals surface area contributed by atoms with Crippen molar-refractivity contribution in [3.8, 4) is 0 Å². The maximum Gasteiger partial charge on any atom is 0.0534 e. The third kappa shape index (κ3) is 0.669. The molecule has 0 bridgehead atoms. The summed E-state index contributed by atoms with van der Waals surface area (Å²) in [5.41, 5.74) is 0. The van der Waals surface area contributed by atoms with Crippen LogP contribution >= 0.6 is 8.07 Å². The van der Waals surface area contributed by atoms with E-state index in [0.717, 1.165) is 13.3 Å². The van der Waals surface area contributed by atoms with Crippen LogP contribution in [0.4, 0.5) is 0 Å². The average molecular weight is 131 g/mol. The Kier molecular flexibility index (Phi) is 1.23. The van der Waals surface area contributed by atoms with Gasteiger partial charge in [-0.3, -0.25) is 15.3 Å². The van der Waals surface area contributed by atoms with Crippen molar-refractivity contribution in [3.63, 3.8) is 0 Å². The molecule has 2 N–H and O–H groups in total. The molecule has 0 aromatic rings. The lowest BCUT2D eigenvalue weighted by molar-refractivity contribution is 0.459. The van der Waals surface area contributed by atoms with Gasteiger partial charge in [0.15, 0.2) is 0 Å². The summed E-state index contributed by atoms with van der Waals surface area (Å²) < 4.78 is 2.48. The molecule has 0 unspecified atom stereocenters. The summed E-state index contributed by atoms with van der Waals surface area (Å²) in [6, 6.07) is 0. The predicted octanol–water partition coefficient (Wildman–Crippen LogP) is -0.278. The van der Waals surface area contributed by atoms with E-state index in [9.17, 15) is 0 Å². The second-order valence-electron chi connectivity index (χ2n) is 2.15. The fraction of sp³-hybridized carbons (Fsp3) is 1.00. The van der Waals surface area contributed by atoms with E-state index >= 15 is 0 Å². The fourth-order valence-corrected chi connectivity index (χ4v) is 2.96. The summed E-state index contributed by atoms with van der Waals surface area (Å²) in [5.74, 6) is 0. The lowest BCUT2D eigenvalue weighted by Gasteiger charge is -2.08. The molecular formula is C4H10N3P. The minimum absolute atomic E-state index is 0.218. The summed E-state index contributed by atoms with van der Waals surface area (Å²) in [6.45, 7) is 2.22. The van der Waals surface area contributed by atoms with Crippen LogP contribution < -0.4 is 10.6 Å². The van der Waals surface area contributed by atoms with Crippen molar-refractivity contribution in [1.82, 2.24) is 15.3 Å². The highest BCUT2D eigenvalue weighted by Crippen LogP contribution is 2.43. The van der Waals surface area contributed by atoms with Crippen molar-refractivity contribution in [2.45, 2.75) is 0 Å². The molecule has 0 saturated carbocycles. The van der Waals surface area contributed by atoms with E-state index in [0.29, 0.717) is 0 Å². The summed E-state index contributed by atoms with van der Waals surface area (Å²) in [5, 5.41) is 6.68. The van der Waals surface area contributed by atoms with Gasteiger partial charge >= 0.3 is 0 Å². The molecule has 0 aliphatic carbocycles. The van der Waals surface area contributed by atoms with Crippen LogP contribution in [0.3, 0.4) is 0 Å². The van der Waals surface area contributed by atoms with Gasteiger partial charge in [-0.2, -0.15) is 0 Å². The lowest BCUT2D eigenvalue weighted by Crippen LogP contribution is -2.23. The van der Waals surface area contributed by atoms with Crippen molar-refractivity contribution in [2.24, 2.45) is 0 Å². The molecule has 0 aromatic heterocycles. The maximum absolute atomic E-state index is 3.34. The Morgan fingerprint density at radius 1 is 1.12 bits per heavy atom. The standard InChI is InChI=1S/C4H10N3P/c1-5-3-8-4-6-2-7(1)8/h5-6H,1-4H2. The number of hydrogen-bond acceptors (Lipinski definition) is 3. The van der Waals surface area contributed by atoms with Crippen LogP contribution in [-0.2, 0) is 0 Å². The van der Waals surface area contributed by atoms with Gasteiger partial charge in [0.05, 0.1) is 13.3 Å². The van der Waals surface area contributed by atoms with Crippen LogP contribution in [0.1, 0.15) is 0 Å². The van der Waals surface area contributed by atoms with E-state index in [1.807, 2.05) is 0 Å². The van der Waals surface area contributed by atoms with Gasteiger partial charge in [-0.25, -0.2) is 0 Å². The van der Waals surface area contributed by atoms with Gasteiger partial charge in [0.25, 0.3) is 0 Å². The smallest absolute Gasteiger partial charge is 0.0534 e. The quantitative estimate of drug-likeness (QED) is 0.443. The Bertz CT molecular complexity index is 77.3. The molecule has 46 valence electrons. The third-order valence-electron chi connectivity index (χ3n) is 1.58. The second kappa shape index (κ2) is 1.92. The average Bonchev–Trinajstić information content (AvgIpc) is 2.15. The Hall–Kier alpha value is 0.310. The number of rotatable bonds is 0. The summed E-state index contributed by atoms with van der Waals surface area (Å²) in [4.78, 5) is 0. The zero-order valence-electron chi connectivity index (χ0n) is 4.72. The molecule has 2 fully saturated rings. The van der Waals surface area contributed by atoms with E-state index in [-0.39, 0.29) is 8.07 Å².